The van der Waals surface area contributed by atoms with Gasteiger partial charge in [0.2, 0.25) is 6.29 Å². The SMILES string of the molecule is CON1C(=O)c2cnn3c2N(CC=C3c2cccc(C(F)(F)F)c2)C1NC(=O)c1ccccc1. The average molecular weight is 469 g/mol. The molecule has 1 unspecified atom stereocenters. The number of hydroxylamine groups is 2. The molecular weight excluding hydrogens is 451 g/mol. The number of halogens is 3. The van der Waals surface area contributed by atoms with E-state index in [1.54, 1.807) is 47.4 Å². The smallest absolute Gasteiger partial charge is 0.313 e. The van der Waals surface area contributed by atoms with E-state index in [2.05, 4.69) is 10.4 Å². The normalized spacial score (nSPS) is 17.4. The van der Waals surface area contributed by atoms with Gasteiger partial charge in [-0.15, -0.1) is 0 Å². The molecule has 5 rings (SSSR count). The monoisotopic (exact) mass is 469 g/mol. The summed E-state index contributed by atoms with van der Waals surface area (Å²) in [6.45, 7) is 0.178. The first-order chi connectivity index (χ1) is 16.3. The molecule has 0 fully saturated rings. The van der Waals surface area contributed by atoms with Crippen LogP contribution in [0.1, 0.15) is 31.8 Å². The molecule has 0 radical (unpaired) electrons. The van der Waals surface area contributed by atoms with Crippen molar-refractivity contribution < 1.29 is 27.6 Å². The molecule has 3 heterocycles. The summed E-state index contributed by atoms with van der Waals surface area (Å²) in [6.07, 6.45) is -2.49. The Morgan fingerprint density at radius 1 is 1.15 bits per heavy atom. The molecule has 0 aliphatic carbocycles. The second-order valence-corrected chi connectivity index (χ2v) is 7.64. The van der Waals surface area contributed by atoms with Crippen LogP contribution in [0.15, 0.2) is 66.9 Å². The molecule has 1 atom stereocenters. The van der Waals surface area contributed by atoms with Crippen LogP contribution in [-0.2, 0) is 11.0 Å². The summed E-state index contributed by atoms with van der Waals surface area (Å²) in [7, 11) is 1.31. The van der Waals surface area contributed by atoms with Gasteiger partial charge in [-0.05, 0) is 30.3 Å². The van der Waals surface area contributed by atoms with Crippen LogP contribution in [0.5, 0.6) is 0 Å². The number of carbonyl (C=O) groups is 2. The van der Waals surface area contributed by atoms with Gasteiger partial charge >= 0.3 is 6.18 Å². The Kier molecular flexibility index (Phi) is 5.13. The minimum atomic E-state index is -4.50. The zero-order chi connectivity index (χ0) is 24.0. The number of hydrogen-bond acceptors (Lipinski definition) is 5. The molecule has 2 aliphatic rings. The number of nitrogens with zero attached hydrogens (tertiary/aromatic N) is 4. The van der Waals surface area contributed by atoms with Crippen molar-refractivity contribution in [2.75, 3.05) is 18.6 Å². The van der Waals surface area contributed by atoms with E-state index in [-0.39, 0.29) is 12.1 Å². The highest BCUT2D eigenvalue weighted by atomic mass is 19.4. The number of amides is 2. The molecule has 174 valence electrons. The molecule has 0 saturated carbocycles. The summed E-state index contributed by atoms with van der Waals surface area (Å²) in [5.41, 5.74) is 0.499. The van der Waals surface area contributed by atoms with Crippen LogP contribution in [0, 0.1) is 0 Å². The number of carbonyl (C=O) groups excluding carboxylic acids is 2. The zero-order valence-corrected chi connectivity index (χ0v) is 17.8. The maximum absolute atomic E-state index is 13.3. The van der Waals surface area contributed by atoms with Crippen LogP contribution in [0.4, 0.5) is 19.0 Å². The van der Waals surface area contributed by atoms with Crippen molar-refractivity contribution in [3.63, 3.8) is 0 Å². The maximum atomic E-state index is 13.3. The molecule has 0 spiro atoms. The lowest BCUT2D eigenvalue weighted by Gasteiger charge is -2.44. The van der Waals surface area contributed by atoms with Crippen molar-refractivity contribution in [3.05, 3.63) is 89.1 Å². The highest BCUT2D eigenvalue weighted by molar-refractivity contribution is 6.02. The van der Waals surface area contributed by atoms with Gasteiger partial charge in [0.05, 0.1) is 24.6 Å². The fraction of sp³-hybridized carbons (Fsp3) is 0.174. The number of anilines is 1. The summed E-state index contributed by atoms with van der Waals surface area (Å²) >= 11 is 0. The number of aromatic nitrogens is 2. The molecule has 1 aromatic heterocycles. The molecular formula is C23H18F3N5O3. The number of nitrogens with one attached hydrogen (secondary N) is 1. The Balaban J connectivity index is 1.54. The molecule has 3 aromatic rings. The summed E-state index contributed by atoms with van der Waals surface area (Å²) in [5.74, 6) is -0.613. The van der Waals surface area contributed by atoms with E-state index in [1.807, 2.05) is 0 Å². The topological polar surface area (TPSA) is 79.7 Å². The largest absolute Gasteiger partial charge is 0.416 e. The van der Waals surface area contributed by atoms with Crippen molar-refractivity contribution in [1.29, 1.82) is 0 Å². The van der Waals surface area contributed by atoms with Gasteiger partial charge in [-0.1, -0.05) is 30.3 Å². The van der Waals surface area contributed by atoms with Crippen molar-refractivity contribution >= 4 is 23.3 Å². The van der Waals surface area contributed by atoms with Crippen LogP contribution in [0.3, 0.4) is 0 Å². The predicted molar refractivity (Wildman–Crippen MR) is 115 cm³/mol. The summed E-state index contributed by atoms with van der Waals surface area (Å²) in [4.78, 5) is 32.9. The van der Waals surface area contributed by atoms with Gasteiger partial charge < -0.3 is 10.2 Å². The standard InChI is InChI=1S/C23H18F3N5O3/c1-34-31-21(33)17-13-27-30-18(15-8-5-9-16(12-15)23(24,25)26)10-11-29(20(17)30)22(31)28-19(32)14-6-3-2-4-7-14/h2-10,12-13,22H,11H2,1H3,(H,28,32). The minimum absolute atomic E-state index is 0.178. The second-order valence-electron chi connectivity index (χ2n) is 7.64. The van der Waals surface area contributed by atoms with Gasteiger partial charge in [0, 0.05) is 17.7 Å². The molecule has 34 heavy (non-hydrogen) atoms. The zero-order valence-electron chi connectivity index (χ0n) is 17.8. The first kappa shape index (κ1) is 21.7. The molecule has 8 nitrogen and oxygen atoms in total. The van der Waals surface area contributed by atoms with Gasteiger partial charge in [0.15, 0.2) is 0 Å². The molecule has 0 bridgehead atoms. The average Bonchev–Trinajstić information content (AvgIpc) is 3.28. The van der Waals surface area contributed by atoms with Gasteiger partial charge in [0.1, 0.15) is 11.4 Å². The molecule has 1 N–H and O–H groups in total. The quantitative estimate of drug-likeness (QED) is 0.634. The summed E-state index contributed by atoms with van der Waals surface area (Å²) < 4.78 is 41.2. The number of benzene rings is 2. The van der Waals surface area contributed by atoms with Crippen molar-refractivity contribution in [2.24, 2.45) is 0 Å². The lowest BCUT2D eigenvalue weighted by atomic mass is 10.1. The number of rotatable bonds is 4. The van der Waals surface area contributed by atoms with Gasteiger partial charge in [-0.2, -0.15) is 23.3 Å². The van der Waals surface area contributed by atoms with E-state index in [9.17, 15) is 22.8 Å². The Hall–Kier alpha value is -4.12. The molecule has 2 aliphatic heterocycles. The van der Waals surface area contributed by atoms with Crippen LogP contribution in [0.25, 0.3) is 5.70 Å². The number of alkyl halides is 3. The third-order valence-corrected chi connectivity index (χ3v) is 5.65. The van der Waals surface area contributed by atoms with Crippen molar-refractivity contribution in [2.45, 2.75) is 12.5 Å². The van der Waals surface area contributed by atoms with Crippen LogP contribution in [0.2, 0.25) is 0 Å². The summed E-state index contributed by atoms with van der Waals surface area (Å²) in [5, 5.41) is 8.09. The molecule has 0 saturated heterocycles. The van der Waals surface area contributed by atoms with Crippen molar-refractivity contribution in [3.8, 4) is 0 Å². The Morgan fingerprint density at radius 3 is 2.62 bits per heavy atom. The van der Waals surface area contributed by atoms with Crippen LogP contribution in [-0.4, -0.2) is 46.6 Å². The Bertz CT molecular complexity index is 1300. The van der Waals surface area contributed by atoms with E-state index in [1.165, 1.54) is 24.1 Å². The van der Waals surface area contributed by atoms with Crippen LogP contribution < -0.4 is 10.2 Å². The minimum Gasteiger partial charge on any atom is -0.313 e. The van der Waals surface area contributed by atoms with Crippen LogP contribution >= 0.6 is 0 Å². The molecule has 2 amide bonds. The predicted octanol–water partition coefficient (Wildman–Crippen LogP) is 3.34. The fourth-order valence-corrected chi connectivity index (χ4v) is 4.08. The summed E-state index contributed by atoms with van der Waals surface area (Å²) in [6, 6.07) is 13.4. The second kappa shape index (κ2) is 8.03. The molecule has 2 aromatic carbocycles. The third kappa shape index (κ3) is 3.50. The lowest BCUT2D eigenvalue weighted by molar-refractivity contribution is -0.137. The van der Waals surface area contributed by atoms with E-state index >= 15 is 0 Å². The Labute approximate surface area is 191 Å². The Morgan fingerprint density at radius 2 is 1.91 bits per heavy atom. The highest BCUT2D eigenvalue weighted by Crippen LogP contribution is 2.38. The first-order valence-electron chi connectivity index (χ1n) is 10.3. The van der Waals surface area contributed by atoms with Gasteiger partial charge in [-0.3, -0.25) is 14.4 Å². The van der Waals surface area contributed by atoms with E-state index in [0.29, 0.717) is 22.6 Å². The van der Waals surface area contributed by atoms with Gasteiger partial charge in [0.25, 0.3) is 11.8 Å². The van der Waals surface area contributed by atoms with Gasteiger partial charge in [-0.25, -0.2) is 4.68 Å². The van der Waals surface area contributed by atoms with Crippen molar-refractivity contribution in [1.82, 2.24) is 20.2 Å². The highest BCUT2D eigenvalue weighted by Gasteiger charge is 2.44. The fourth-order valence-electron chi connectivity index (χ4n) is 4.08. The maximum Gasteiger partial charge on any atom is 0.416 e. The van der Waals surface area contributed by atoms with E-state index in [4.69, 9.17) is 4.84 Å². The number of hydrogen-bond donors (Lipinski definition) is 1. The molecule has 11 heteroatoms. The third-order valence-electron chi connectivity index (χ3n) is 5.65. The first-order valence-corrected chi connectivity index (χ1v) is 10.3. The lowest BCUT2D eigenvalue weighted by Crippen LogP contribution is -2.63. The van der Waals surface area contributed by atoms with E-state index in [0.717, 1.165) is 17.2 Å². The van der Waals surface area contributed by atoms with E-state index < -0.39 is 29.8 Å².